The van der Waals surface area contributed by atoms with Gasteiger partial charge in [-0.25, -0.2) is 0 Å². The zero-order valence-corrected chi connectivity index (χ0v) is 8.21. The first-order valence-corrected chi connectivity index (χ1v) is 4.87. The molecule has 0 unspecified atom stereocenters. The van der Waals surface area contributed by atoms with Crippen LogP contribution in [0.3, 0.4) is 0 Å². The number of aryl methyl sites for hydroxylation is 1. The Labute approximate surface area is 88.5 Å². The van der Waals surface area contributed by atoms with E-state index in [0.29, 0.717) is 6.42 Å². The van der Waals surface area contributed by atoms with Gasteiger partial charge in [-0.1, -0.05) is 12.0 Å². The Hall–Kier alpha value is -2.06. The summed E-state index contributed by atoms with van der Waals surface area (Å²) >= 11 is 0. The molecule has 0 spiro atoms. The molecular formula is C13H9NO. The standard InChI is InChI=1S/C13H9NO/c14-8-2-3-10-6-7-11-4-1-5-13(15)12(11)9-10/h6-7,9H,1,4-5H2. The summed E-state index contributed by atoms with van der Waals surface area (Å²) in [6.45, 7) is 0. The average molecular weight is 195 g/mol. The zero-order chi connectivity index (χ0) is 10.7. The molecule has 0 heterocycles. The normalized spacial score (nSPS) is 13.4. The van der Waals surface area contributed by atoms with Crippen LogP contribution in [0.4, 0.5) is 0 Å². The van der Waals surface area contributed by atoms with E-state index < -0.39 is 0 Å². The first-order valence-electron chi connectivity index (χ1n) is 4.87. The molecule has 0 saturated heterocycles. The number of nitriles is 1. The topological polar surface area (TPSA) is 40.9 Å². The Morgan fingerprint density at radius 2 is 2.13 bits per heavy atom. The van der Waals surface area contributed by atoms with E-state index in [1.165, 1.54) is 0 Å². The van der Waals surface area contributed by atoms with Gasteiger partial charge < -0.3 is 0 Å². The maximum Gasteiger partial charge on any atom is 0.163 e. The van der Waals surface area contributed by atoms with Gasteiger partial charge in [-0.2, -0.15) is 5.26 Å². The van der Waals surface area contributed by atoms with Crippen molar-refractivity contribution in [2.75, 3.05) is 0 Å². The second kappa shape index (κ2) is 3.98. The molecule has 0 saturated carbocycles. The van der Waals surface area contributed by atoms with E-state index in [1.807, 2.05) is 12.1 Å². The largest absolute Gasteiger partial charge is 0.294 e. The number of carbonyl (C=O) groups excluding carboxylic acids is 1. The van der Waals surface area contributed by atoms with E-state index in [4.69, 9.17) is 5.26 Å². The molecule has 2 rings (SSSR count). The molecule has 1 aromatic carbocycles. The minimum atomic E-state index is 0.192. The number of fused-ring (bicyclic) bond motifs is 1. The van der Waals surface area contributed by atoms with Crippen LogP contribution >= 0.6 is 0 Å². The fourth-order valence-electron chi connectivity index (χ4n) is 1.81. The number of hydrogen-bond acceptors (Lipinski definition) is 2. The van der Waals surface area contributed by atoms with Crippen molar-refractivity contribution in [1.82, 2.24) is 0 Å². The average Bonchev–Trinajstić information content (AvgIpc) is 2.27. The molecule has 1 aliphatic rings. The lowest BCUT2D eigenvalue weighted by atomic mass is 9.89. The summed E-state index contributed by atoms with van der Waals surface area (Å²) in [5.74, 6) is 5.22. The van der Waals surface area contributed by atoms with Crippen molar-refractivity contribution in [1.29, 1.82) is 5.26 Å². The molecule has 1 aliphatic carbocycles. The molecule has 0 aliphatic heterocycles. The summed E-state index contributed by atoms with van der Waals surface area (Å²) in [4.78, 5) is 11.6. The van der Waals surface area contributed by atoms with E-state index in [-0.39, 0.29) is 5.78 Å². The first kappa shape index (κ1) is 9.49. The van der Waals surface area contributed by atoms with Gasteiger partial charge >= 0.3 is 0 Å². The monoisotopic (exact) mass is 195 g/mol. The number of carbonyl (C=O) groups is 1. The van der Waals surface area contributed by atoms with Gasteiger partial charge in [0.15, 0.2) is 11.9 Å². The molecule has 0 fully saturated rings. The second-order valence-corrected chi connectivity index (χ2v) is 3.51. The van der Waals surface area contributed by atoms with Crippen molar-refractivity contribution in [2.45, 2.75) is 19.3 Å². The highest BCUT2D eigenvalue weighted by Crippen LogP contribution is 2.21. The number of Topliss-reactive ketones (excluding diaryl/α,β-unsaturated/α-hetero) is 1. The van der Waals surface area contributed by atoms with Crippen LogP contribution in [0.2, 0.25) is 0 Å². The van der Waals surface area contributed by atoms with Crippen LogP contribution in [0.15, 0.2) is 18.2 Å². The van der Waals surface area contributed by atoms with Gasteiger partial charge in [-0.15, -0.1) is 0 Å². The maximum atomic E-state index is 11.6. The van der Waals surface area contributed by atoms with Gasteiger partial charge in [0.05, 0.1) is 0 Å². The Kier molecular flexibility index (Phi) is 2.52. The van der Waals surface area contributed by atoms with Gasteiger partial charge in [0.1, 0.15) is 0 Å². The van der Waals surface area contributed by atoms with E-state index >= 15 is 0 Å². The number of nitrogens with zero attached hydrogens (tertiary/aromatic N) is 1. The summed E-state index contributed by atoms with van der Waals surface area (Å²) < 4.78 is 0. The van der Waals surface area contributed by atoms with E-state index in [0.717, 1.165) is 29.5 Å². The minimum Gasteiger partial charge on any atom is -0.294 e. The van der Waals surface area contributed by atoms with E-state index in [1.54, 1.807) is 12.1 Å². The molecular weight excluding hydrogens is 186 g/mol. The Morgan fingerprint density at radius 1 is 1.27 bits per heavy atom. The van der Waals surface area contributed by atoms with Crippen LogP contribution in [0.1, 0.15) is 34.3 Å². The lowest BCUT2D eigenvalue weighted by Crippen LogP contribution is -2.10. The third-order valence-electron chi connectivity index (χ3n) is 2.52. The van der Waals surface area contributed by atoms with Gasteiger partial charge in [0.25, 0.3) is 0 Å². The Bertz CT molecular complexity index is 512. The van der Waals surface area contributed by atoms with Gasteiger partial charge in [0.2, 0.25) is 0 Å². The highest BCUT2D eigenvalue weighted by Gasteiger charge is 2.16. The van der Waals surface area contributed by atoms with Crippen LogP contribution in [-0.4, -0.2) is 5.78 Å². The number of rotatable bonds is 0. The molecule has 1 aromatic rings. The molecule has 2 nitrogen and oxygen atoms in total. The predicted molar refractivity (Wildman–Crippen MR) is 56.2 cm³/mol. The van der Waals surface area contributed by atoms with E-state index in [9.17, 15) is 4.79 Å². The SMILES string of the molecule is N#CC#Cc1ccc2c(c1)C(=O)CCC2. The van der Waals surface area contributed by atoms with Crippen molar-refractivity contribution < 1.29 is 4.79 Å². The molecule has 0 atom stereocenters. The highest BCUT2D eigenvalue weighted by atomic mass is 16.1. The highest BCUT2D eigenvalue weighted by molar-refractivity contribution is 5.98. The van der Waals surface area contributed by atoms with Gasteiger partial charge in [-0.3, -0.25) is 4.79 Å². The predicted octanol–water partition coefficient (Wildman–Crippen LogP) is 2.08. The van der Waals surface area contributed by atoms with Crippen LogP contribution in [0.25, 0.3) is 0 Å². The van der Waals surface area contributed by atoms with Crippen LogP contribution < -0.4 is 0 Å². The third kappa shape index (κ3) is 1.90. The fourth-order valence-corrected chi connectivity index (χ4v) is 1.81. The minimum absolute atomic E-state index is 0.192. The van der Waals surface area contributed by atoms with Crippen molar-refractivity contribution in [3.8, 4) is 17.9 Å². The molecule has 15 heavy (non-hydrogen) atoms. The summed E-state index contributed by atoms with van der Waals surface area (Å²) in [6.07, 6.45) is 2.53. The van der Waals surface area contributed by atoms with Crippen molar-refractivity contribution >= 4 is 5.78 Å². The van der Waals surface area contributed by atoms with Crippen LogP contribution in [0, 0.1) is 23.2 Å². The van der Waals surface area contributed by atoms with Crippen molar-refractivity contribution in [3.05, 3.63) is 34.9 Å². The van der Waals surface area contributed by atoms with Crippen molar-refractivity contribution in [3.63, 3.8) is 0 Å². The smallest absolute Gasteiger partial charge is 0.163 e. The summed E-state index contributed by atoms with van der Waals surface area (Å²) in [5.41, 5.74) is 2.63. The first-order chi connectivity index (χ1) is 7.31. The Balaban J connectivity index is 2.45. The molecule has 72 valence electrons. The van der Waals surface area contributed by atoms with Gasteiger partial charge in [0, 0.05) is 23.5 Å². The quantitative estimate of drug-likeness (QED) is 0.595. The summed E-state index contributed by atoms with van der Waals surface area (Å²) in [5, 5.41) is 8.33. The molecule has 2 heteroatoms. The second-order valence-electron chi connectivity index (χ2n) is 3.51. The van der Waals surface area contributed by atoms with Crippen LogP contribution in [-0.2, 0) is 6.42 Å². The molecule has 0 amide bonds. The summed E-state index contributed by atoms with van der Waals surface area (Å²) in [6, 6.07) is 7.36. The zero-order valence-electron chi connectivity index (χ0n) is 8.21. The molecule has 0 bridgehead atoms. The lowest BCUT2D eigenvalue weighted by molar-refractivity contribution is 0.0972. The number of ketones is 1. The third-order valence-corrected chi connectivity index (χ3v) is 2.52. The van der Waals surface area contributed by atoms with E-state index in [2.05, 4.69) is 11.8 Å². The maximum absolute atomic E-state index is 11.6. The lowest BCUT2D eigenvalue weighted by Gasteiger charge is -2.14. The summed E-state index contributed by atoms with van der Waals surface area (Å²) in [7, 11) is 0. The van der Waals surface area contributed by atoms with Gasteiger partial charge in [-0.05, 0) is 30.5 Å². The molecule has 0 N–H and O–H groups in total. The molecule has 0 aromatic heterocycles. The fraction of sp³-hybridized carbons (Fsp3) is 0.231. The number of hydrogen-bond donors (Lipinski definition) is 0. The Morgan fingerprint density at radius 3 is 2.93 bits per heavy atom. The van der Waals surface area contributed by atoms with Crippen molar-refractivity contribution in [2.24, 2.45) is 0 Å². The van der Waals surface area contributed by atoms with Crippen LogP contribution in [0.5, 0.6) is 0 Å². The number of benzene rings is 1. The molecule has 0 radical (unpaired) electrons.